The Morgan fingerprint density at radius 3 is 1.49 bits per heavy atom. The largest absolute Gasteiger partial charge is 0.508 e. The maximum atomic E-state index is 14.0. The smallest absolute Gasteiger partial charge is 0.421 e. The van der Waals surface area contributed by atoms with E-state index in [-0.39, 0.29) is 16.2 Å². The fraction of sp³-hybridized carbons (Fsp3) is 0.600. The molecule has 1 N–H and O–H groups in total. The topological polar surface area (TPSA) is 138 Å². The van der Waals surface area contributed by atoms with Crippen LogP contribution < -0.4 is 0 Å². The Morgan fingerprint density at radius 2 is 1.16 bits per heavy atom. The summed E-state index contributed by atoms with van der Waals surface area (Å²) in [6.45, 7) is 13.8. The number of imide groups is 1. The van der Waals surface area contributed by atoms with Crippen LogP contribution in [0.25, 0.3) is 0 Å². The van der Waals surface area contributed by atoms with E-state index in [2.05, 4.69) is 16.3 Å². The van der Waals surface area contributed by atoms with Crippen molar-refractivity contribution in [1.29, 1.82) is 0 Å². The van der Waals surface area contributed by atoms with Gasteiger partial charge in [-0.15, -0.1) is 0 Å². The number of amides is 2. The van der Waals surface area contributed by atoms with E-state index in [4.69, 9.17) is 22.8 Å². The molecule has 0 saturated carbocycles. The number of carbonyl (C=O) groups is 4. The van der Waals surface area contributed by atoms with Crippen LogP contribution in [0.1, 0.15) is 74.0 Å². The summed E-state index contributed by atoms with van der Waals surface area (Å²) in [6.07, 6.45) is -4.55. The number of nitrogens with zero attached hydrogens (tertiary/aromatic N) is 1. The lowest BCUT2D eigenvalue weighted by Crippen LogP contribution is -2.69. The van der Waals surface area contributed by atoms with E-state index < -0.39 is 52.6 Å². The van der Waals surface area contributed by atoms with Gasteiger partial charge in [-0.3, -0.25) is 3.83 Å². The molecule has 0 aliphatic rings. The van der Waals surface area contributed by atoms with E-state index in [0.717, 1.165) is 7.11 Å². The van der Waals surface area contributed by atoms with Crippen molar-refractivity contribution in [2.75, 3.05) is 7.11 Å². The summed E-state index contributed by atoms with van der Waals surface area (Å²) in [5, 5.41) is 9.78. The summed E-state index contributed by atoms with van der Waals surface area (Å²) in [7, 11) is 0.964. The highest BCUT2D eigenvalue weighted by atomic mass is 79.9. The molecule has 0 heterocycles. The van der Waals surface area contributed by atoms with Crippen molar-refractivity contribution < 1.29 is 47.1 Å². The van der Waals surface area contributed by atoms with Crippen molar-refractivity contribution in [2.45, 2.75) is 90.8 Å². The minimum Gasteiger partial charge on any atom is -0.508 e. The quantitative estimate of drug-likeness (QED) is 0.268. The summed E-state index contributed by atoms with van der Waals surface area (Å²) in [6, 6.07) is 5.17. The summed E-state index contributed by atoms with van der Waals surface area (Å²) in [4.78, 5) is 55.0. The molecule has 0 radical (unpaired) electrons. The summed E-state index contributed by atoms with van der Waals surface area (Å²) < 4.78 is 26.8. The van der Waals surface area contributed by atoms with Crippen LogP contribution in [0.15, 0.2) is 24.3 Å². The molecule has 208 valence electrons. The highest BCUT2D eigenvalue weighted by Crippen LogP contribution is 2.41. The number of hydrogen-bond donors (Lipinski definition) is 1. The maximum Gasteiger partial charge on any atom is 0.421 e. The van der Waals surface area contributed by atoms with Crippen molar-refractivity contribution in [3.63, 3.8) is 0 Å². The predicted octanol–water partition coefficient (Wildman–Crippen LogP) is 5.19. The molecule has 0 aliphatic heterocycles. The predicted molar refractivity (Wildman–Crippen MR) is 136 cm³/mol. The first-order valence-electron chi connectivity index (χ1n) is 11.3. The molecule has 37 heavy (non-hydrogen) atoms. The minimum absolute atomic E-state index is 0.0862. The highest BCUT2D eigenvalue weighted by Gasteiger charge is 2.67. The van der Waals surface area contributed by atoms with E-state index in [0.29, 0.717) is 0 Å². The lowest BCUT2D eigenvalue weighted by molar-refractivity contribution is -0.187. The van der Waals surface area contributed by atoms with Gasteiger partial charge < -0.3 is 24.1 Å². The van der Waals surface area contributed by atoms with Gasteiger partial charge in [0, 0.05) is 0 Å². The summed E-state index contributed by atoms with van der Waals surface area (Å²) in [5.74, 6) is -2.87. The van der Waals surface area contributed by atoms with Gasteiger partial charge >= 0.3 is 24.1 Å². The van der Waals surface area contributed by atoms with E-state index in [1.165, 1.54) is 86.6 Å². The zero-order valence-electron chi connectivity index (χ0n) is 22.8. The Morgan fingerprint density at radius 1 is 0.757 bits per heavy atom. The van der Waals surface area contributed by atoms with Gasteiger partial charge in [0.2, 0.25) is 0 Å². The van der Waals surface area contributed by atoms with Gasteiger partial charge in [-0.1, -0.05) is 12.1 Å². The van der Waals surface area contributed by atoms with Gasteiger partial charge in [-0.2, -0.15) is 4.90 Å². The van der Waals surface area contributed by atoms with E-state index in [9.17, 15) is 24.3 Å². The second kappa shape index (κ2) is 11.7. The number of carbonyl (C=O) groups excluding carboxylic acids is 4. The highest BCUT2D eigenvalue weighted by molar-refractivity contribution is 9.06. The first-order valence-corrected chi connectivity index (χ1v) is 12.0. The molecule has 2 unspecified atom stereocenters. The monoisotopic (exact) mass is 589 g/mol. The molecule has 11 nitrogen and oxygen atoms in total. The van der Waals surface area contributed by atoms with Gasteiger partial charge in [-0.05, 0) is 80.0 Å². The lowest BCUT2D eigenvalue weighted by Gasteiger charge is -2.42. The molecule has 0 bridgehead atoms. The second-order valence-corrected chi connectivity index (χ2v) is 11.5. The van der Waals surface area contributed by atoms with E-state index >= 15 is 0 Å². The Kier molecular flexibility index (Phi) is 10.2. The van der Waals surface area contributed by atoms with Crippen LogP contribution in [-0.4, -0.2) is 63.6 Å². The van der Waals surface area contributed by atoms with E-state index in [1.54, 1.807) is 0 Å². The minimum atomic E-state index is -2.95. The summed E-state index contributed by atoms with van der Waals surface area (Å²) >= 11 is 2.83. The van der Waals surface area contributed by atoms with Crippen LogP contribution in [0.2, 0.25) is 0 Å². The first kappa shape index (κ1) is 32.2. The molecule has 0 saturated heterocycles. The number of aromatic hydroxyl groups is 1. The number of ether oxygens (including phenoxy) is 4. The molecular weight excluding hydrogens is 554 g/mol. The number of hydrogen-bond acceptors (Lipinski definition) is 10. The third-order valence-corrected chi connectivity index (χ3v) is 4.75. The molecule has 2 atom stereocenters. The van der Waals surface area contributed by atoms with Crippen molar-refractivity contribution in [1.82, 2.24) is 4.90 Å². The molecule has 12 heteroatoms. The van der Waals surface area contributed by atoms with Gasteiger partial charge in [0.1, 0.15) is 28.7 Å². The molecule has 1 aromatic carbocycles. The van der Waals surface area contributed by atoms with Gasteiger partial charge in [0.15, 0.2) is 0 Å². The molecule has 1 aromatic rings. The van der Waals surface area contributed by atoms with Gasteiger partial charge in [0.25, 0.3) is 5.54 Å². The Bertz CT molecular complexity index is 961. The molecule has 0 fully saturated rings. The third-order valence-electron chi connectivity index (χ3n) is 4.38. The summed E-state index contributed by atoms with van der Waals surface area (Å²) in [5.41, 5.74) is -6.36. The fourth-order valence-electron chi connectivity index (χ4n) is 3.09. The van der Waals surface area contributed by atoms with Crippen LogP contribution in [0.4, 0.5) is 9.59 Å². The number of rotatable bonds is 6. The van der Waals surface area contributed by atoms with Crippen LogP contribution in [-0.2, 0) is 32.4 Å². The second-order valence-electron chi connectivity index (χ2n) is 11.1. The molecule has 2 amide bonds. The molecule has 1 rings (SSSR count). The fourth-order valence-corrected chi connectivity index (χ4v) is 3.58. The number of methoxy groups -OCH3 is 1. The normalized spacial score (nSPS) is 14.6. The van der Waals surface area contributed by atoms with Crippen LogP contribution >= 0.6 is 16.3 Å². The molecule has 0 aromatic heterocycles. The first-order chi connectivity index (χ1) is 16.7. The molecule has 0 spiro atoms. The van der Waals surface area contributed by atoms with Crippen molar-refractivity contribution in [3.8, 4) is 5.75 Å². The number of benzene rings is 1. The third kappa shape index (κ3) is 8.32. The maximum absolute atomic E-state index is 14.0. The van der Waals surface area contributed by atoms with Crippen molar-refractivity contribution in [3.05, 3.63) is 29.8 Å². The molecule has 0 aliphatic carbocycles. The van der Waals surface area contributed by atoms with Crippen LogP contribution in [0.3, 0.4) is 0 Å². The van der Waals surface area contributed by atoms with Crippen molar-refractivity contribution in [2.24, 2.45) is 0 Å². The average Bonchev–Trinajstić information content (AvgIpc) is 2.69. The average molecular weight is 590 g/mol. The zero-order chi connectivity index (χ0) is 29.0. The van der Waals surface area contributed by atoms with Crippen molar-refractivity contribution >= 4 is 40.4 Å². The van der Waals surface area contributed by atoms with E-state index in [1.807, 2.05) is 0 Å². The van der Waals surface area contributed by atoms with Gasteiger partial charge in [-0.25, -0.2) is 19.2 Å². The Hall–Kier alpha value is -2.86. The number of esters is 2. The SMILES string of the molecule is COC(=O)C(C(=O)OC(C)(C)C)(C(OBr)c1ccc(O)cc1)N(C(=O)OC(C)(C)C)C(=O)OC(C)(C)C. The number of halogens is 1. The Balaban J connectivity index is 4.18. The van der Waals surface area contributed by atoms with Crippen LogP contribution in [0.5, 0.6) is 5.75 Å². The standard InChI is InChI=1S/C25H36BrNO10/c1-22(2,3)34-19(30)25(18(29)33-10,17(37-26)15-11-13-16(28)14-12-15)27(20(31)35-23(4,5)6)21(32)36-24(7,8)9/h11-14,17,28H,1-10H3. The number of phenolic OH excluding ortho intramolecular Hbond substituents is 1. The van der Waals surface area contributed by atoms with Gasteiger partial charge in [0.05, 0.1) is 23.4 Å². The zero-order valence-corrected chi connectivity index (χ0v) is 24.4. The number of phenols is 1. The lowest BCUT2D eigenvalue weighted by atomic mass is 9.85. The van der Waals surface area contributed by atoms with Crippen LogP contribution in [0, 0.1) is 0 Å². The molecular formula is C25H36BrNO10. The Labute approximate surface area is 225 Å².